The molecule has 0 spiro atoms. The number of carbonyl (C=O) groups is 1. The summed E-state index contributed by atoms with van der Waals surface area (Å²) < 4.78 is 23.9. The average molecular weight is 351 g/mol. The van der Waals surface area contributed by atoms with E-state index in [1.165, 1.54) is 26.4 Å². The summed E-state index contributed by atoms with van der Waals surface area (Å²) in [5.74, 6) is 0.0143. The summed E-state index contributed by atoms with van der Waals surface area (Å²) in [6.07, 6.45) is 6.93. The molecule has 0 aromatic carbocycles. The van der Waals surface area contributed by atoms with Crippen LogP contribution in [0.3, 0.4) is 0 Å². The lowest BCUT2D eigenvalue weighted by Crippen LogP contribution is -2.60. The number of carbonyl (C=O) groups excluding carboxylic acids is 1. The van der Waals surface area contributed by atoms with Gasteiger partial charge in [0.15, 0.2) is 6.61 Å². The average Bonchev–Trinajstić information content (AvgIpc) is 2.53. The number of hydrogen-bond acceptors (Lipinski definition) is 5. The number of nitrogens with zero attached hydrogens (tertiary/aromatic N) is 1. The monoisotopic (exact) mass is 351 g/mol. The summed E-state index contributed by atoms with van der Waals surface area (Å²) in [5, 5.41) is 3.13. The van der Waals surface area contributed by atoms with Crippen molar-refractivity contribution in [2.24, 2.45) is 17.8 Å². The van der Waals surface area contributed by atoms with Gasteiger partial charge >= 0.3 is 5.69 Å². The number of ether oxygens (including phenoxy) is 2. The quantitative estimate of drug-likeness (QED) is 0.836. The summed E-state index contributed by atoms with van der Waals surface area (Å²) >= 11 is 0. The Kier molecular flexibility index (Phi) is 3.92. The van der Waals surface area contributed by atoms with Gasteiger partial charge in [0.2, 0.25) is 11.7 Å². The topological polar surface area (TPSA) is 93.3 Å². The van der Waals surface area contributed by atoms with E-state index in [-0.39, 0.29) is 23.9 Å². The summed E-state index contributed by atoms with van der Waals surface area (Å²) in [4.78, 5) is 29.2. The molecule has 25 heavy (non-hydrogen) atoms. The van der Waals surface area contributed by atoms with Crippen molar-refractivity contribution in [3.05, 3.63) is 16.3 Å². The SMILES string of the molecule is COc1[nH]c(=O)nc(OCC(=O)NC23CC4CC(CC(C4)C2)C3)c1F. The third-order valence-electron chi connectivity index (χ3n) is 5.80. The molecule has 7 nitrogen and oxygen atoms in total. The number of aromatic amines is 1. The maximum absolute atomic E-state index is 14.0. The smallest absolute Gasteiger partial charge is 0.351 e. The molecule has 1 amide bonds. The van der Waals surface area contributed by atoms with E-state index in [4.69, 9.17) is 9.47 Å². The van der Waals surface area contributed by atoms with Crippen LogP contribution < -0.4 is 20.5 Å². The minimum absolute atomic E-state index is 0.132. The first-order valence-corrected chi connectivity index (χ1v) is 8.74. The Morgan fingerprint density at radius 3 is 2.44 bits per heavy atom. The molecule has 4 saturated carbocycles. The predicted molar refractivity (Wildman–Crippen MR) is 85.9 cm³/mol. The number of rotatable bonds is 5. The van der Waals surface area contributed by atoms with Gasteiger partial charge in [-0.05, 0) is 56.3 Å². The van der Waals surface area contributed by atoms with Crippen LogP contribution in [0.15, 0.2) is 4.79 Å². The summed E-state index contributed by atoms with van der Waals surface area (Å²) in [6, 6.07) is 0. The predicted octanol–water partition coefficient (Wildman–Crippen LogP) is 1.38. The van der Waals surface area contributed by atoms with Gasteiger partial charge < -0.3 is 14.8 Å². The number of hydrogen-bond donors (Lipinski definition) is 2. The molecule has 4 aliphatic rings. The third kappa shape index (κ3) is 3.09. The first-order valence-electron chi connectivity index (χ1n) is 8.74. The highest BCUT2D eigenvalue weighted by Crippen LogP contribution is 2.55. The zero-order chi connectivity index (χ0) is 17.6. The minimum Gasteiger partial charge on any atom is -0.480 e. The molecule has 4 bridgehead atoms. The summed E-state index contributed by atoms with van der Waals surface area (Å²) in [5.41, 5.74) is -0.928. The van der Waals surface area contributed by atoms with Gasteiger partial charge in [-0.15, -0.1) is 0 Å². The zero-order valence-electron chi connectivity index (χ0n) is 14.1. The van der Waals surface area contributed by atoms with Crippen molar-refractivity contribution >= 4 is 5.91 Å². The number of nitrogens with one attached hydrogen (secondary N) is 2. The second-order valence-corrected chi connectivity index (χ2v) is 7.73. The molecule has 1 aromatic rings. The Labute approximate surface area is 144 Å². The molecule has 0 radical (unpaired) electrons. The van der Waals surface area contributed by atoms with E-state index < -0.39 is 17.4 Å². The van der Waals surface area contributed by atoms with Crippen LogP contribution in [0, 0.1) is 23.6 Å². The van der Waals surface area contributed by atoms with Gasteiger partial charge in [-0.25, -0.2) is 4.79 Å². The van der Waals surface area contributed by atoms with Crippen molar-refractivity contribution in [1.82, 2.24) is 15.3 Å². The molecule has 0 saturated heterocycles. The first kappa shape index (κ1) is 16.4. The second-order valence-electron chi connectivity index (χ2n) is 7.73. The second kappa shape index (κ2) is 6.00. The van der Waals surface area contributed by atoms with Gasteiger partial charge in [-0.3, -0.25) is 9.78 Å². The Hall–Kier alpha value is -2.12. The highest BCUT2D eigenvalue weighted by Gasteiger charge is 2.51. The normalized spacial score (nSPS) is 32.5. The molecule has 5 rings (SSSR count). The van der Waals surface area contributed by atoms with Crippen LogP contribution in [-0.4, -0.2) is 35.1 Å². The molecule has 2 N–H and O–H groups in total. The molecule has 4 aliphatic carbocycles. The molecule has 136 valence electrons. The first-order chi connectivity index (χ1) is 12.0. The lowest BCUT2D eigenvalue weighted by Gasteiger charge is -2.56. The van der Waals surface area contributed by atoms with E-state index in [2.05, 4.69) is 15.3 Å². The number of aromatic nitrogens is 2. The van der Waals surface area contributed by atoms with Crippen LogP contribution >= 0.6 is 0 Å². The van der Waals surface area contributed by atoms with Crippen molar-refractivity contribution in [1.29, 1.82) is 0 Å². The van der Waals surface area contributed by atoms with Gasteiger partial charge in [0.25, 0.3) is 11.8 Å². The van der Waals surface area contributed by atoms with E-state index in [1.807, 2.05) is 0 Å². The van der Waals surface area contributed by atoms with E-state index in [9.17, 15) is 14.0 Å². The molecular weight excluding hydrogens is 329 g/mol. The summed E-state index contributed by atoms with van der Waals surface area (Å²) in [6.45, 7) is -0.377. The Bertz CT molecular complexity index is 713. The fourth-order valence-electron chi connectivity index (χ4n) is 5.38. The lowest BCUT2D eigenvalue weighted by molar-refractivity contribution is -0.129. The van der Waals surface area contributed by atoms with Gasteiger partial charge in [0, 0.05) is 5.54 Å². The van der Waals surface area contributed by atoms with Crippen LogP contribution in [0.4, 0.5) is 4.39 Å². The fourth-order valence-corrected chi connectivity index (χ4v) is 5.38. The third-order valence-corrected chi connectivity index (χ3v) is 5.80. The van der Waals surface area contributed by atoms with E-state index >= 15 is 0 Å². The van der Waals surface area contributed by atoms with E-state index in [0.717, 1.165) is 19.3 Å². The highest BCUT2D eigenvalue weighted by molar-refractivity contribution is 5.78. The van der Waals surface area contributed by atoms with Crippen molar-refractivity contribution in [3.8, 4) is 11.8 Å². The standard InChI is InChI=1S/C17H22FN3O4/c1-24-14-13(18)15(20-16(23)19-14)25-8-12(22)21-17-5-9-2-10(6-17)4-11(3-9)7-17/h9-11H,2-8H2,1H3,(H,21,22)(H,19,20,23). The molecule has 0 unspecified atom stereocenters. The zero-order valence-corrected chi connectivity index (χ0v) is 14.1. The van der Waals surface area contributed by atoms with E-state index in [0.29, 0.717) is 17.8 Å². The van der Waals surface area contributed by atoms with Crippen LogP contribution in [0.25, 0.3) is 0 Å². The van der Waals surface area contributed by atoms with Gasteiger partial charge in [0.05, 0.1) is 7.11 Å². The van der Waals surface area contributed by atoms with Crippen LogP contribution in [0.2, 0.25) is 0 Å². The lowest BCUT2D eigenvalue weighted by atomic mass is 9.53. The van der Waals surface area contributed by atoms with Crippen LogP contribution in [0.1, 0.15) is 38.5 Å². The Morgan fingerprint density at radius 2 is 1.88 bits per heavy atom. The molecule has 8 heteroatoms. The van der Waals surface area contributed by atoms with Crippen molar-refractivity contribution in [2.75, 3.05) is 13.7 Å². The molecule has 0 atom stereocenters. The van der Waals surface area contributed by atoms with Crippen LogP contribution in [-0.2, 0) is 4.79 Å². The Morgan fingerprint density at radius 1 is 1.28 bits per heavy atom. The highest BCUT2D eigenvalue weighted by atomic mass is 19.1. The molecule has 4 fully saturated rings. The van der Waals surface area contributed by atoms with Crippen molar-refractivity contribution in [3.63, 3.8) is 0 Å². The number of halogens is 1. The van der Waals surface area contributed by atoms with Crippen LogP contribution in [0.5, 0.6) is 11.8 Å². The van der Waals surface area contributed by atoms with Crippen molar-refractivity contribution in [2.45, 2.75) is 44.1 Å². The number of amides is 1. The maximum Gasteiger partial charge on any atom is 0.351 e. The fraction of sp³-hybridized carbons (Fsp3) is 0.706. The largest absolute Gasteiger partial charge is 0.480 e. The molecule has 0 aliphatic heterocycles. The van der Waals surface area contributed by atoms with Gasteiger partial charge in [-0.2, -0.15) is 9.37 Å². The Balaban J connectivity index is 1.40. The number of H-pyrrole nitrogens is 1. The van der Waals surface area contributed by atoms with Gasteiger partial charge in [0.1, 0.15) is 0 Å². The molecule has 1 aromatic heterocycles. The molecule has 1 heterocycles. The summed E-state index contributed by atoms with van der Waals surface area (Å²) in [7, 11) is 1.22. The maximum atomic E-state index is 14.0. The number of methoxy groups -OCH3 is 1. The van der Waals surface area contributed by atoms with Crippen molar-refractivity contribution < 1.29 is 18.7 Å². The molecular formula is C17H22FN3O4. The minimum atomic E-state index is -0.926. The van der Waals surface area contributed by atoms with E-state index in [1.54, 1.807) is 0 Å². The van der Waals surface area contributed by atoms with Gasteiger partial charge in [-0.1, -0.05) is 0 Å².